The summed E-state index contributed by atoms with van der Waals surface area (Å²) in [5.74, 6) is -0.343. The Balaban J connectivity index is 1.90. The molecule has 0 spiro atoms. The summed E-state index contributed by atoms with van der Waals surface area (Å²) in [5, 5.41) is 1.52. The van der Waals surface area contributed by atoms with E-state index in [9.17, 15) is 4.79 Å². The molecule has 0 amide bonds. The van der Waals surface area contributed by atoms with Crippen LogP contribution >= 0.6 is 11.6 Å². The number of aromatic nitrogens is 1. The summed E-state index contributed by atoms with van der Waals surface area (Å²) in [6.45, 7) is 0.637. The third kappa shape index (κ3) is 3.34. The molecule has 0 saturated carbocycles. The molecule has 0 aliphatic carbocycles. The van der Waals surface area contributed by atoms with Crippen molar-refractivity contribution in [2.45, 2.75) is 6.54 Å². The molecular weight excluding hydrogens is 324 g/mol. The molecule has 1 heterocycles. The molecule has 0 fully saturated rings. The molecule has 0 aliphatic heterocycles. The van der Waals surface area contributed by atoms with Crippen LogP contribution in [0.1, 0.15) is 15.9 Å². The molecule has 24 heavy (non-hydrogen) atoms. The molecule has 0 radical (unpaired) electrons. The maximum absolute atomic E-state index is 11.9. The first-order valence-corrected chi connectivity index (χ1v) is 7.90. The van der Waals surface area contributed by atoms with E-state index in [-0.39, 0.29) is 5.97 Å². The van der Waals surface area contributed by atoms with E-state index in [2.05, 4.69) is 11.1 Å². The fourth-order valence-electron chi connectivity index (χ4n) is 2.68. The number of nitrogens with zero attached hydrogens (tertiary/aromatic N) is 2. The van der Waals surface area contributed by atoms with Crippen molar-refractivity contribution in [2.75, 3.05) is 19.1 Å². The minimum absolute atomic E-state index is 0.343. The molecule has 0 N–H and O–H groups in total. The molecule has 122 valence electrons. The van der Waals surface area contributed by atoms with Gasteiger partial charge in [0.2, 0.25) is 0 Å². The van der Waals surface area contributed by atoms with E-state index in [1.54, 1.807) is 12.1 Å². The first-order valence-electron chi connectivity index (χ1n) is 7.52. The van der Waals surface area contributed by atoms with Crippen molar-refractivity contribution in [1.29, 1.82) is 0 Å². The molecule has 0 bridgehead atoms. The number of hydrogen-bond acceptors (Lipinski definition) is 4. The predicted octanol–water partition coefficient (Wildman–Crippen LogP) is 4.31. The van der Waals surface area contributed by atoms with Crippen molar-refractivity contribution in [2.24, 2.45) is 0 Å². The summed E-state index contributed by atoms with van der Waals surface area (Å²) in [6, 6.07) is 17.2. The Bertz CT molecular complexity index is 895. The smallest absolute Gasteiger partial charge is 0.339 e. The number of rotatable bonds is 4. The number of fused-ring (bicyclic) bond motifs is 1. The zero-order chi connectivity index (χ0) is 17.1. The van der Waals surface area contributed by atoms with Crippen molar-refractivity contribution >= 4 is 34.2 Å². The zero-order valence-electron chi connectivity index (χ0n) is 13.5. The fourth-order valence-corrected chi connectivity index (χ4v) is 2.84. The van der Waals surface area contributed by atoms with Crippen molar-refractivity contribution in [3.63, 3.8) is 0 Å². The number of halogens is 1. The predicted molar refractivity (Wildman–Crippen MR) is 96.6 cm³/mol. The van der Waals surface area contributed by atoms with Gasteiger partial charge in [-0.05, 0) is 35.9 Å². The van der Waals surface area contributed by atoms with Crippen molar-refractivity contribution in [3.8, 4) is 0 Å². The molecule has 1 aromatic heterocycles. The monoisotopic (exact) mass is 340 g/mol. The van der Waals surface area contributed by atoms with Gasteiger partial charge in [-0.25, -0.2) is 9.78 Å². The number of carbonyl (C=O) groups is 1. The highest BCUT2D eigenvalue weighted by molar-refractivity contribution is 6.29. The zero-order valence-corrected chi connectivity index (χ0v) is 14.2. The SMILES string of the molecule is COC(=O)c1ccccc1N(C)Cc1ccc2ccc(Cl)nc2c1. The van der Waals surface area contributed by atoms with Gasteiger partial charge in [-0.2, -0.15) is 0 Å². The second kappa shape index (κ2) is 6.89. The average molecular weight is 341 g/mol. The lowest BCUT2D eigenvalue weighted by atomic mass is 10.1. The van der Waals surface area contributed by atoms with Crippen LogP contribution in [-0.4, -0.2) is 25.1 Å². The summed E-state index contributed by atoms with van der Waals surface area (Å²) in [5.41, 5.74) is 3.31. The summed E-state index contributed by atoms with van der Waals surface area (Å²) < 4.78 is 4.86. The Kier molecular flexibility index (Phi) is 4.67. The number of anilines is 1. The first kappa shape index (κ1) is 16.3. The van der Waals surface area contributed by atoms with Crippen LogP contribution < -0.4 is 4.90 Å². The highest BCUT2D eigenvalue weighted by Gasteiger charge is 2.14. The molecule has 3 aromatic rings. The fraction of sp³-hybridized carbons (Fsp3) is 0.158. The van der Waals surface area contributed by atoms with E-state index in [4.69, 9.17) is 16.3 Å². The molecule has 0 saturated heterocycles. The Labute approximate surface area is 145 Å². The third-order valence-electron chi connectivity index (χ3n) is 3.86. The van der Waals surface area contributed by atoms with E-state index in [0.717, 1.165) is 22.2 Å². The lowest BCUT2D eigenvalue weighted by Gasteiger charge is -2.22. The Morgan fingerprint density at radius 1 is 1.17 bits per heavy atom. The van der Waals surface area contributed by atoms with Crippen molar-refractivity contribution < 1.29 is 9.53 Å². The van der Waals surface area contributed by atoms with Crippen molar-refractivity contribution in [1.82, 2.24) is 4.98 Å². The summed E-state index contributed by atoms with van der Waals surface area (Å²) in [7, 11) is 3.33. The van der Waals surface area contributed by atoms with Crippen molar-refractivity contribution in [3.05, 3.63) is 70.9 Å². The average Bonchev–Trinajstić information content (AvgIpc) is 2.60. The van der Waals surface area contributed by atoms with Gasteiger partial charge >= 0.3 is 5.97 Å². The molecule has 5 heteroatoms. The Morgan fingerprint density at radius 3 is 2.71 bits per heavy atom. The van der Waals surface area contributed by atoms with Gasteiger partial charge in [-0.15, -0.1) is 0 Å². The standard InChI is InChI=1S/C19H17ClN2O2/c1-22(17-6-4-3-5-15(17)19(23)24-2)12-13-7-8-14-9-10-18(20)21-16(14)11-13/h3-11H,12H2,1-2H3. The quantitative estimate of drug-likeness (QED) is 0.524. The van der Waals surface area contributed by atoms with E-state index in [1.807, 2.05) is 48.3 Å². The second-order valence-electron chi connectivity index (χ2n) is 5.53. The molecule has 0 unspecified atom stereocenters. The number of hydrogen-bond donors (Lipinski definition) is 0. The van der Waals surface area contributed by atoms with Gasteiger partial charge in [0.05, 0.1) is 23.9 Å². The number of methoxy groups -OCH3 is 1. The summed E-state index contributed by atoms with van der Waals surface area (Å²) >= 11 is 5.97. The lowest BCUT2D eigenvalue weighted by molar-refractivity contribution is 0.0601. The minimum Gasteiger partial charge on any atom is -0.465 e. The lowest BCUT2D eigenvalue weighted by Crippen LogP contribution is -2.19. The maximum atomic E-state index is 11.9. The molecule has 0 atom stereocenters. The normalized spacial score (nSPS) is 10.6. The van der Waals surface area contributed by atoms with Crippen LogP contribution in [0.4, 0.5) is 5.69 Å². The highest BCUT2D eigenvalue weighted by Crippen LogP contribution is 2.23. The van der Waals surface area contributed by atoms with Crippen LogP contribution in [0.5, 0.6) is 0 Å². The minimum atomic E-state index is -0.343. The Hall–Kier alpha value is -2.59. The van der Waals surface area contributed by atoms with Gasteiger partial charge in [0.25, 0.3) is 0 Å². The maximum Gasteiger partial charge on any atom is 0.339 e. The van der Waals surface area contributed by atoms with Crippen LogP contribution in [0.25, 0.3) is 10.9 Å². The van der Waals surface area contributed by atoms with Crippen LogP contribution in [-0.2, 0) is 11.3 Å². The number of para-hydroxylation sites is 1. The number of carbonyl (C=O) groups excluding carboxylic acids is 1. The Morgan fingerprint density at radius 2 is 1.92 bits per heavy atom. The highest BCUT2D eigenvalue weighted by atomic mass is 35.5. The summed E-state index contributed by atoms with van der Waals surface area (Å²) in [6.07, 6.45) is 0. The molecular formula is C19H17ClN2O2. The van der Waals surface area contributed by atoms with E-state index < -0.39 is 0 Å². The number of pyridine rings is 1. The molecule has 2 aromatic carbocycles. The number of ether oxygens (including phenoxy) is 1. The first-order chi connectivity index (χ1) is 11.6. The van der Waals surface area contributed by atoms with Gasteiger partial charge in [0.1, 0.15) is 5.15 Å². The topological polar surface area (TPSA) is 42.4 Å². The van der Waals surface area contributed by atoms with Gasteiger partial charge in [-0.3, -0.25) is 0 Å². The number of benzene rings is 2. The molecule has 4 nitrogen and oxygen atoms in total. The van der Waals surface area contributed by atoms with E-state index >= 15 is 0 Å². The van der Waals surface area contributed by atoms with Crippen LogP contribution in [0.2, 0.25) is 5.15 Å². The van der Waals surface area contributed by atoms with Gasteiger partial charge in [0.15, 0.2) is 0 Å². The van der Waals surface area contributed by atoms with Gasteiger partial charge < -0.3 is 9.64 Å². The molecule has 3 rings (SSSR count). The van der Waals surface area contributed by atoms with Crippen LogP contribution in [0.15, 0.2) is 54.6 Å². The second-order valence-corrected chi connectivity index (χ2v) is 5.91. The summed E-state index contributed by atoms with van der Waals surface area (Å²) in [4.78, 5) is 18.3. The number of esters is 1. The molecule has 0 aliphatic rings. The third-order valence-corrected chi connectivity index (χ3v) is 4.07. The van der Waals surface area contributed by atoms with E-state index in [1.165, 1.54) is 7.11 Å². The van der Waals surface area contributed by atoms with Gasteiger partial charge in [0, 0.05) is 19.0 Å². The van der Waals surface area contributed by atoms with E-state index in [0.29, 0.717) is 17.3 Å². The van der Waals surface area contributed by atoms with Gasteiger partial charge in [-0.1, -0.05) is 35.9 Å². The van der Waals surface area contributed by atoms with Crippen LogP contribution in [0.3, 0.4) is 0 Å². The largest absolute Gasteiger partial charge is 0.465 e. The van der Waals surface area contributed by atoms with Crippen LogP contribution in [0, 0.1) is 0 Å².